The van der Waals surface area contributed by atoms with Gasteiger partial charge in [0.1, 0.15) is 11.5 Å². The third-order valence-corrected chi connectivity index (χ3v) is 3.84. The third-order valence-electron chi connectivity index (χ3n) is 3.59. The van der Waals surface area contributed by atoms with Crippen LogP contribution < -0.4 is 5.32 Å². The van der Waals surface area contributed by atoms with Crippen LogP contribution in [0.15, 0.2) is 40.8 Å². The molecule has 3 nitrogen and oxygen atoms in total. The van der Waals surface area contributed by atoms with Gasteiger partial charge in [-0.25, -0.2) is 0 Å². The van der Waals surface area contributed by atoms with Gasteiger partial charge in [0.15, 0.2) is 0 Å². The van der Waals surface area contributed by atoms with Crippen molar-refractivity contribution in [2.75, 3.05) is 26.2 Å². The van der Waals surface area contributed by atoms with E-state index in [1.807, 2.05) is 36.4 Å². The van der Waals surface area contributed by atoms with Crippen LogP contribution in [0.5, 0.6) is 0 Å². The molecule has 1 aromatic carbocycles. The van der Waals surface area contributed by atoms with Crippen LogP contribution in [0.2, 0.25) is 5.02 Å². The van der Waals surface area contributed by atoms with E-state index in [2.05, 4.69) is 24.1 Å². The molecule has 0 spiro atoms. The smallest absolute Gasteiger partial charge is 0.134 e. The maximum Gasteiger partial charge on any atom is 0.134 e. The summed E-state index contributed by atoms with van der Waals surface area (Å²) in [6, 6.07) is 11.7. The normalized spacial score (nSPS) is 10.7. The summed E-state index contributed by atoms with van der Waals surface area (Å²) in [6.45, 7) is 9.37. The number of hydrogen-bond donors (Lipinski definition) is 1. The molecule has 1 aromatic heterocycles. The summed E-state index contributed by atoms with van der Waals surface area (Å²) in [7, 11) is 0. The van der Waals surface area contributed by atoms with Gasteiger partial charge in [-0.05, 0) is 49.5 Å². The Balaban J connectivity index is 0.00000242. The summed E-state index contributed by atoms with van der Waals surface area (Å²) in [5.74, 6) is 1.84. The van der Waals surface area contributed by atoms with E-state index in [-0.39, 0.29) is 12.4 Å². The van der Waals surface area contributed by atoms with Crippen LogP contribution in [0, 0.1) is 0 Å². The summed E-state index contributed by atoms with van der Waals surface area (Å²) in [5, 5.41) is 4.16. The zero-order valence-corrected chi connectivity index (χ0v) is 14.7. The van der Waals surface area contributed by atoms with Crippen LogP contribution in [0.3, 0.4) is 0 Å². The molecule has 2 rings (SSSR count). The van der Waals surface area contributed by atoms with Gasteiger partial charge < -0.3 is 14.6 Å². The molecule has 0 bridgehead atoms. The molecule has 5 heteroatoms. The molecule has 0 radical (unpaired) electrons. The Kier molecular flexibility index (Phi) is 8.57. The molecular formula is C17H24Cl2N2O. The quantitative estimate of drug-likeness (QED) is 0.718. The second kappa shape index (κ2) is 9.90. The van der Waals surface area contributed by atoms with E-state index in [0.29, 0.717) is 0 Å². The number of nitrogens with zero attached hydrogens (tertiary/aromatic N) is 1. The van der Waals surface area contributed by atoms with Crippen molar-refractivity contribution < 1.29 is 4.42 Å². The molecule has 0 aliphatic carbocycles. The van der Waals surface area contributed by atoms with Gasteiger partial charge in [-0.1, -0.05) is 25.4 Å². The Morgan fingerprint density at radius 2 is 1.73 bits per heavy atom. The number of nitrogens with one attached hydrogen (secondary N) is 1. The summed E-state index contributed by atoms with van der Waals surface area (Å²) >= 11 is 5.89. The summed E-state index contributed by atoms with van der Waals surface area (Å²) < 4.78 is 5.85. The van der Waals surface area contributed by atoms with Crippen LogP contribution in [-0.4, -0.2) is 31.1 Å². The monoisotopic (exact) mass is 342 g/mol. The van der Waals surface area contributed by atoms with Crippen LogP contribution in [0.25, 0.3) is 11.3 Å². The summed E-state index contributed by atoms with van der Waals surface area (Å²) in [6.07, 6.45) is 0. The predicted molar refractivity (Wildman–Crippen MR) is 95.9 cm³/mol. The van der Waals surface area contributed by atoms with Crippen molar-refractivity contribution in [1.29, 1.82) is 0 Å². The van der Waals surface area contributed by atoms with Gasteiger partial charge in [0.05, 0.1) is 6.54 Å². The van der Waals surface area contributed by atoms with Crippen molar-refractivity contribution in [1.82, 2.24) is 10.2 Å². The highest BCUT2D eigenvalue weighted by atomic mass is 35.5. The van der Waals surface area contributed by atoms with Crippen molar-refractivity contribution in [2.45, 2.75) is 20.4 Å². The minimum Gasteiger partial charge on any atom is -0.460 e. The highest BCUT2D eigenvalue weighted by Crippen LogP contribution is 2.23. The lowest BCUT2D eigenvalue weighted by Gasteiger charge is -2.17. The molecule has 0 saturated carbocycles. The lowest BCUT2D eigenvalue weighted by Crippen LogP contribution is -2.31. The van der Waals surface area contributed by atoms with Crippen molar-refractivity contribution in [3.05, 3.63) is 47.2 Å². The molecule has 0 atom stereocenters. The van der Waals surface area contributed by atoms with Gasteiger partial charge in [-0.2, -0.15) is 0 Å². The van der Waals surface area contributed by atoms with Crippen LogP contribution >= 0.6 is 24.0 Å². The van der Waals surface area contributed by atoms with E-state index in [1.54, 1.807) is 0 Å². The number of benzene rings is 1. The third kappa shape index (κ3) is 5.65. The second-order valence-corrected chi connectivity index (χ2v) is 5.41. The molecule has 0 aliphatic heterocycles. The van der Waals surface area contributed by atoms with Crippen LogP contribution in [0.4, 0.5) is 0 Å². The first-order valence-electron chi connectivity index (χ1n) is 7.50. The minimum absolute atomic E-state index is 0. The lowest BCUT2D eigenvalue weighted by atomic mass is 10.2. The van der Waals surface area contributed by atoms with E-state index in [0.717, 1.165) is 54.8 Å². The average Bonchev–Trinajstić information content (AvgIpc) is 2.97. The minimum atomic E-state index is 0. The van der Waals surface area contributed by atoms with Gasteiger partial charge in [-0.3, -0.25) is 0 Å². The molecule has 0 saturated heterocycles. The number of halogens is 2. The molecule has 0 unspecified atom stereocenters. The molecule has 0 amide bonds. The van der Waals surface area contributed by atoms with Crippen molar-refractivity contribution in [2.24, 2.45) is 0 Å². The number of hydrogen-bond acceptors (Lipinski definition) is 3. The van der Waals surface area contributed by atoms with Gasteiger partial charge >= 0.3 is 0 Å². The van der Waals surface area contributed by atoms with Crippen molar-refractivity contribution in [3.63, 3.8) is 0 Å². The lowest BCUT2D eigenvalue weighted by molar-refractivity contribution is 0.300. The molecule has 0 aliphatic rings. The second-order valence-electron chi connectivity index (χ2n) is 4.98. The molecule has 122 valence electrons. The Labute approximate surface area is 144 Å². The fourth-order valence-corrected chi connectivity index (χ4v) is 2.36. The van der Waals surface area contributed by atoms with E-state index >= 15 is 0 Å². The highest BCUT2D eigenvalue weighted by molar-refractivity contribution is 6.30. The molecule has 0 fully saturated rings. The van der Waals surface area contributed by atoms with E-state index in [9.17, 15) is 0 Å². The average molecular weight is 343 g/mol. The number of rotatable bonds is 8. The van der Waals surface area contributed by atoms with Crippen molar-refractivity contribution >= 4 is 24.0 Å². The Hall–Kier alpha value is -1.00. The SMILES string of the molecule is CCN(CC)CCNCc1ccc(-c2ccc(Cl)cc2)o1.Cl. The molecule has 2 aromatic rings. The first kappa shape index (κ1) is 19.0. The maximum absolute atomic E-state index is 5.89. The fourth-order valence-electron chi connectivity index (χ4n) is 2.23. The van der Waals surface area contributed by atoms with Crippen LogP contribution in [-0.2, 0) is 6.54 Å². The molecule has 22 heavy (non-hydrogen) atoms. The van der Waals surface area contributed by atoms with E-state index < -0.39 is 0 Å². The van der Waals surface area contributed by atoms with E-state index in [4.69, 9.17) is 16.0 Å². The number of furan rings is 1. The Morgan fingerprint density at radius 3 is 2.36 bits per heavy atom. The van der Waals surface area contributed by atoms with Gasteiger partial charge in [-0.15, -0.1) is 12.4 Å². The van der Waals surface area contributed by atoms with Gasteiger partial charge in [0, 0.05) is 23.7 Å². The van der Waals surface area contributed by atoms with E-state index in [1.165, 1.54) is 0 Å². The fraction of sp³-hybridized carbons (Fsp3) is 0.412. The van der Waals surface area contributed by atoms with Gasteiger partial charge in [0.25, 0.3) is 0 Å². The van der Waals surface area contributed by atoms with Crippen molar-refractivity contribution in [3.8, 4) is 11.3 Å². The number of likely N-dealkylation sites (N-methyl/N-ethyl adjacent to an activating group) is 1. The predicted octanol–water partition coefficient (Wildman–Crippen LogP) is 4.45. The van der Waals surface area contributed by atoms with Crippen LogP contribution in [0.1, 0.15) is 19.6 Å². The topological polar surface area (TPSA) is 28.4 Å². The zero-order valence-electron chi connectivity index (χ0n) is 13.1. The maximum atomic E-state index is 5.89. The molecule has 1 heterocycles. The van der Waals surface area contributed by atoms with Gasteiger partial charge in [0.2, 0.25) is 0 Å². The molecular weight excluding hydrogens is 319 g/mol. The Morgan fingerprint density at radius 1 is 1.05 bits per heavy atom. The Bertz CT molecular complexity index is 536. The zero-order chi connectivity index (χ0) is 15.1. The summed E-state index contributed by atoms with van der Waals surface area (Å²) in [4.78, 5) is 2.40. The summed E-state index contributed by atoms with van der Waals surface area (Å²) in [5.41, 5.74) is 1.05. The molecule has 1 N–H and O–H groups in total. The first-order chi connectivity index (χ1) is 10.2. The highest BCUT2D eigenvalue weighted by Gasteiger charge is 2.05. The largest absolute Gasteiger partial charge is 0.460 e. The standard InChI is InChI=1S/C17H23ClN2O.ClH/c1-3-20(4-2)12-11-19-13-16-9-10-17(21-16)14-5-7-15(18)8-6-14;/h5-10,19H,3-4,11-13H2,1-2H3;1H. The first-order valence-corrected chi connectivity index (χ1v) is 7.88.